The lowest BCUT2D eigenvalue weighted by Gasteiger charge is -2.05. The quantitative estimate of drug-likeness (QED) is 0.463. The highest BCUT2D eigenvalue weighted by Gasteiger charge is 1.99. The minimum atomic E-state index is 1.20. The summed E-state index contributed by atoms with van der Waals surface area (Å²) < 4.78 is 0. The van der Waals surface area contributed by atoms with Gasteiger partial charge in [0.2, 0.25) is 0 Å². The highest BCUT2D eigenvalue weighted by molar-refractivity contribution is 5.63. The van der Waals surface area contributed by atoms with Gasteiger partial charge in [0, 0.05) is 0 Å². The van der Waals surface area contributed by atoms with Crippen LogP contribution in [0.25, 0.3) is 11.1 Å². The molecule has 0 unspecified atom stereocenters. The van der Waals surface area contributed by atoms with Gasteiger partial charge in [0.1, 0.15) is 0 Å². The maximum absolute atomic E-state index is 3.35. The Morgan fingerprint density at radius 2 is 1.52 bits per heavy atom. The van der Waals surface area contributed by atoms with Gasteiger partial charge in [-0.25, -0.2) is 0 Å². The van der Waals surface area contributed by atoms with Crippen molar-refractivity contribution in [2.24, 2.45) is 0 Å². The van der Waals surface area contributed by atoms with E-state index in [2.05, 4.69) is 61.5 Å². The third kappa shape index (κ3) is 5.75. The molecule has 0 bridgehead atoms. The lowest BCUT2D eigenvalue weighted by atomic mass is 9.99. The van der Waals surface area contributed by atoms with E-state index in [0.29, 0.717) is 0 Å². The van der Waals surface area contributed by atoms with Gasteiger partial charge in [-0.2, -0.15) is 0 Å². The smallest absolute Gasteiger partial charge is 0.00990 e. The molecule has 1 radical (unpaired) electrons. The van der Waals surface area contributed by atoms with Crippen molar-refractivity contribution < 1.29 is 0 Å². The summed E-state index contributed by atoms with van der Waals surface area (Å²) in [5.41, 5.74) is 3.93. The van der Waals surface area contributed by atoms with Gasteiger partial charge < -0.3 is 0 Å². The van der Waals surface area contributed by atoms with Crippen LogP contribution in [0, 0.1) is 6.07 Å². The average molecular weight is 279 g/mol. The third-order valence-corrected chi connectivity index (χ3v) is 4.02. The molecule has 0 aromatic heterocycles. The maximum atomic E-state index is 3.35. The number of unbranched alkanes of at least 4 members (excludes halogenated alkanes) is 6. The molecule has 2 aromatic carbocycles. The van der Waals surface area contributed by atoms with Gasteiger partial charge in [0.05, 0.1) is 0 Å². The first-order valence-corrected chi connectivity index (χ1v) is 8.46. The fraction of sp³-hybridized carbons (Fsp3) is 0.429. The maximum Gasteiger partial charge on any atom is -0.00990 e. The molecule has 111 valence electrons. The van der Waals surface area contributed by atoms with Gasteiger partial charge in [-0.1, -0.05) is 94.0 Å². The molecule has 0 N–H and O–H groups in total. The fourth-order valence-corrected chi connectivity index (χ4v) is 2.74. The van der Waals surface area contributed by atoms with Crippen LogP contribution in [0.3, 0.4) is 0 Å². The van der Waals surface area contributed by atoms with Crippen molar-refractivity contribution in [2.75, 3.05) is 0 Å². The lowest BCUT2D eigenvalue weighted by molar-refractivity contribution is 0.589. The lowest BCUT2D eigenvalue weighted by Crippen LogP contribution is -1.88. The summed E-state index contributed by atoms with van der Waals surface area (Å²) in [5, 5.41) is 0. The van der Waals surface area contributed by atoms with Crippen LogP contribution in [-0.4, -0.2) is 0 Å². The molecule has 0 saturated carbocycles. The van der Waals surface area contributed by atoms with Gasteiger partial charge >= 0.3 is 0 Å². The minimum absolute atomic E-state index is 1.20. The van der Waals surface area contributed by atoms with E-state index in [0.717, 1.165) is 0 Å². The standard InChI is InChI=1S/C21H27/c1-2-3-4-5-6-7-9-13-19-14-12-17-21(18-19)20-15-10-8-11-16-20/h8,10-12,14-16,18H,2-7,9,13H2,1H3. The average Bonchev–Trinajstić information content (AvgIpc) is 2.55. The molecular formula is C21H27. The summed E-state index contributed by atoms with van der Waals surface area (Å²) in [6.45, 7) is 2.27. The number of aryl methyl sites for hydroxylation is 1. The van der Waals surface area contributed by atoms with E-state index in [1.165, 1.54) is 68.1 Å². The van der Waals surface area contributed by atoms with Crippen molar-refractivity contribution in [2.45, 2.75) is 58.3 Å². The first kappa shape index (κ1) is 15.8. The zero-order valence-corrected chi connectivity index (χ0v) is 13.3. The van der Waals surface area contributed by atoms with Crippen molar-refractivity contribution in [3.8, 4) is 11.1 Å². The van der Waals surface area contributed by atoms with Crippen molar-refractivity contribution in [1.29, 1.82) is 0 Å². The molecule has 0 fully saturated rings. The number of rotatable bonds is 9. The molecule has 0 heteroatoms. The molecule has 2 rings (SSSR count). The van der Waals surface area contributed by atoms with Crippen LogP contribution in [0.4, 0.5) is 0 Å². The highest BCUT2D eigenvalue weighted by Crippen LogP contribution is 2.20. The Kier molecular flexibility index (Phi) is 7.07. The molecule has 0 aliphatic heterocycles. The summed E-state index contributed by atoms with van der Waals surface area (Å²) in [5.74, 6) is 0. The second kappa shape index (κ2) is 9.39. The van der Waals surface area contributed by atoms with E-state index in [9.17, 15) is 0 Å². The zero-order valence-electron chi connectivity index (χ0n) is 13.3. The molecule has 2 aromatic rings. The van der Waals surface area contributed by atoms with Crippen LogP contribution in [0.2, 0.25) is 0 Å². The van der Waals surface area contributed by atoms with Crippen molar-refractivity contribution in [3.63, 3.8) is 0 Å². The zero-order chi connectivity index (χ0) is 14.8. The number of hydrogen-bond acceptors (Lipinski definition) is 0. The molecule has 0 atom stereocenters. The molecule has 0 aliphatic carbocycles. The van der Waals surface area contributed by atoms with E-state index < -0.39 is 0 Å². The van der Waals surface area contributed by atoms with Crippen LogP contribution in [0.1, 0.15) is 57.4 Å². The van der Waals surface area contributed by atoms with E-state index in [-0.39, 0.29) is 0 Å². The van der Waals surface area contributed by atoms with E-state index in [4.69, 9.17) is 0 Å². The second-order valence-electron chi connectivity index (χ2n) is 5.85. The molecule has 21 heavy (non-hydrogen) atoms. The predicted molar refractivity (Wildman–Crippen MR) is 92.4 cm³/mol. The molecule has 0 amide bonds. The SMILES string of the molecule is CCCCCCCCCc1cc[c]c(-c2ccccc2)c1. The second-order valence-corrected chi connectivity index (χ2v) is 5.85. The highest BCUT2D eigenvalue weighted by atomic mass is 14.0. The normalized spacial score (nSPS) is 10.7. The largest absolute Gasteiger partial charge is 0.0654 e. The topological polar surface area (TPSA) is 0 Å². The van der Waals surface area contributed by atoms with Gasteiger partial charge in [-0.05, 0) is 35.6 Å². The molecular weight excluding hydrogens is 252 g/mol. The first-order chi connectivity index (χ1) is 10.4. The van der Waals surface area contributed by atoms with Crippen molar-refractivity contribution >= 4 is 0 Å². The van der Waals surface area contributed by atoms with Crippen LogP contribution < -0.4 is 0 Å². The molecule has 0 nitrogen and oxygen atoms in total. The Morgan fingerprint density at radius 3 is 2.29 bits per heavy atom. The summed E-state index contributed by atoms with van der Waals surface area (Å²) >= 11 is 0. The summed E-state index contributed by atoms with van der Waals surface area (Å²) in [7, 11) is 0. The predicted octanol–water partition coefficient (Wildman–Crippen LogP) is 6.45. The van der Waals surface area contributed by atoms with Crippen LogP contribution >= 0.6 is 0 Å². The van der Waals surface area contributed by atoms with Gasteiger partial charge in [-0.3, -0.25) is 0 Å². The molecule has 0 saturated heterocycles. The van der Waals surface area contributed by atoms with Gasteiger partial charge in [-0.15, -0.1) is 0 Å². The monoisotopic (exact) mass is 279 g/mol. The summed E-state index contributed by atoms with van der Waals surface area (Å²) in [6.07, 6.45) is 10.8. The van der Waals surface area contributed by atoms with E-state index >= 15 is 0 Å². The number of hydrogen-bond donors (Lipinski definition) is 0. The fourth-order valence-electron chi connectivity index (χ4n) is 2.74. The Labute approximate surface area is 130 Å². The molecule has 0 heterocycles. The Bertz CT molecular complexity index is 498. The Hall–Kier alpha value is -1.56. The molecule has 0 aliphatic rings. The summed E-state index contributed by atoms with van der Waals surface area (Å²) in [4.78, 5) is 0. The minimum Gasteiger partial charge on any atom is -0.0654 e. The van der Waals surface area contributed by atoms with E-state index in [1.54, 1.807) is 0 Å². The van der Waals surface area contributed by atoms with Gasteiger partial charge in [0.15, 0.2) is 0 Å². The van der Waals surface area contributed by atoms with Crippen molar-refractivity contribution in [1.82, 2.24) is 0 Å². The van der Waals surface area contributed by atoms with Gasteiger partial charge in [0.25, 0.3) is 0 Å². The Morgan fingerprint density at radius 1 is 0.810 bits per heavy atom. The summed E-state index contributed by atoms with van der Waals surface area (Å²) in [6, 6.07) is 20.5. The Balaban J connectivity index is 1.77. The van der Waals surface area contributed by atoms with Crippen LogP contribution in [-0.2, 0) is 6.42 Å². The third-order valence-electron chi connectivity index (χ3n) is 4.02. The van der Waals surface area contributed by atoms with Crippen molar-refractivity contribution in [3.05, 3.63) is 60.2 Å². The van der Waals surface area contributed by atoms with Crippen LogP contribution in [0.15, 0.2) is 48.5 Å². The molecule has 0 spiro atoms. The van der Waals surface area contributed by atoms with E-state index in [1.807, 2.05) is 0 Å². The number of benzene rings is 2. The first-order valence-electron chi connectivity index (χ1n) is 8.46. The van der Waals surface area contributed by atoms with Crippen LogP contribution in [0.5, 0.6) is 0 Å².